The lowest BCUT2D eigenvalue weighted by molar-refractivity contribution is -0.127. The van der Waals surface area contributed by atoms with Crippen molar-refractivity contribution in [1.29, 1.82) is 0 Å². The predicted octanol–water partition coefficient (Wildman–Crippen LogP) is 2.75. The van der Waals surface area contributed by atoms with E-state index < -0.39 is 0 Å². The number of rotatable bonds is 8. The first-order valence-corrected chi connectivity index (χ1v) is 10.3. The lowest BCUT2D eigenvalue weighted by Crippen LogP contribution is -2.42. The summed E-state index contributed by atoms with van der Waals surface area (Å²) in [5.74, 6) is 0.618. The average Bonchev–Trinajstić information content (AvgIpc) is 3.29. The fourth-order valence-electron chi connectivity index (χ4n) is 3.05. The number of amides is 1. The fourth-order valence-corrected chi connectivity index (χ4v) is 3.05. The van der Waals surface area contributed by atoms with E-state index in [0.29, 0.717) is 19.0 Å². The second-order valence-corrected chi connectivity index (χ2v) is 7.28. The highest BCUT2D eigenvalue weighted by molar-refractivity contribution is 14.0. The van der Waals surface area contributed by atoms with E-state index in [-0.39, 0.29) is 36.4 Å². The normalized spacial score (nSPS) is 10.9. The van der Waals surface area contributed by atoms with Crippen LogP contribution in [0.4, 0.5) is 0 Å². The van der Waals surface area contributed by atoms with Crippen molar-refractivity contribution in [2.75, 3.05) is 27.2 Å². The zero-order valence-electron chi connectivity index (χ0n) is 18.7. The third kappa shape index (κ3) is 7.33. The van der Waals surface area contributed by atoms with Gasteiger partial charge in [0.25, 0.3) is 0 Å². The molecule has 0 unspecified atom stereocenters. The molecule has 170 valence electrons. The second-order valence-electron chi connectivity index (χ2n) is 7.28. The maximum atomic E-state index is 11.9. The van der Waals surface area contributed by atoms with Crippen LogP contribution in [0.15, 0.2) is 66.2 Å². The van der Waals surface area contributed by atoms with E-state index in [1.165, 1.54) is 6.33 Å². The minimum absolute atomic E-state index is 0. The molecule has 0 bridgehead atoms. The Bertz CT molecular complexity index is 1000. The molecule has 0 radical (unpaired) electrons. The van der Waals surface area contributed by atoms with Crippen LogP contribution in [-0.4, -0.2) is 58.7 Å². The van der Waals surface area contributed by atoms with Crippen LogP contribution in [0, 0.1) is 0 Å². The van der Waals surface area contributed by atoms with Crippen molar-refractivity contribution in [3.63, 3.8) is 0 Å². The average molecular weight is 547 g/mol. The van der Waals surface area contributed by atoms with Gasteiger partial charge in [-0.1, -0.05) is 48.5 Å². The van der Waals surface area contributed by atoms with Crippen LogP contribution >= 0.6 is 24.0 Å². The topological polar surface area (TPSA) is 87.4 Å². The van der Waals surface area contributed by atoms with E-state index in [0.717, 1.165) is 28.8 Å². The number of hydrogen-bond donors (Lipinski definition) is 2. The van der Waals surface area contributed by atoms with E-state index >= 15 is 0 Å². The van der Waals surface area contributed by atoms with Crippen LogP contribution in [-0.2, 0) is 17.9 Å². The highest BCUT2D eigenvalue weighted by Gasteiger charge is 2.08. The molecule has 1 heterocycles. The van der Waals surface area contributed by atoms with Crippen LogP contribution in [0.3, 0.4) is 0 Å². The van der Waals surface area contributed by atoms with Gasteiger partial charge >= 0.3 is 0 Å². The number of benzene rings is 2. The zero-order valence-corrected chi connectivity index (χ0v) is 21.0. The molecule has 0 atom stereocenters. The molecule has 32 heavy (non-hydrogen) atoms. The summed E-state index contributed by atoms with van der Waals surface area (Å²) in [6.45, 7) is 4.11. The van der Waals surface area contributed by atoms with Crippen LogP contribution in [0.2, 0.25) is 0 Å². The SMILES string of the molecule is CCNC(=NCc1ccccc1-c1ccc(Cn2cncn2)cc1)NCC(=O)N(C)C.I. The summed E-state index contributed by atoms with van der Waals surface area (Å²) in [6, 6.07) is 16.7. The first-order chi connectivity index (χ1) is 15.1. The summed E-state index contributed by atoms with van der Waals surface area (Å²) in [5, 5.41) is 10.4. The molecule has 1 amide bonds. The van der Waals surface area contributed by atoms with E-state index in [4.69, 9.17) is 0 Å². The summed E-state index contributed by atoms with van der Waals surface area (Å²) >= 11 is 0. The van der Waals surface area contributed by atoms with E-state index in [2.05, 4.69) is 62.1 Å². The van der Waals surface area contributed by atoms with E-state index in [1.807, 2.05) is 19.1 Å². The Balaban J connectivity index is 0.00000363. The van der Waals surface area contributed by atoms with Crippen molar-refractivity contribution in [1.82, 2.24) is 30.3 Å². The number of hydrogen-bond acceptors (Lipinski definition) is 4. The van der Waals surface area contributed by atoms with Crippen LogP contribution in [0.5, 0.6) is 0 Å². The van der Waals surface area contributed by atoms with Crippen molar-refractivity contribution in [2.45, 2.75) is 20.0 Å². The van der Waals surface area contributed by atoms with Crippen molar-refractivity contribution in [3.05, 3.63) is 72.3 Å². The van der Waals surface area contributed by atoms with Gasteiger partial charge in [-0.05, 0) is 29.2 Å². The molecular formula is C23H30IN7O. The molecule has 3 rings (SSSR count). The number of aromatic nitrogens is 3. The molecule has 2 aromatic carbocycles. The van der Waals surface area contributed by atoms with E-state index in [1.54, 1.807) is 30.0 Å². The highest BCUT2D eigenvalue weighted by Crippen LogP contribution is 2.25. The summed E-state index contributed by atoms with van der Waals surface area (Å²) in [4.78, 5) is 22.1. The summed E-state index contributed by atoms with van der Waals surface area (Å²) in [5.41, 5.74) is 4.55. The maximum absolute atomic E-state index is 11.9. The summed E-state index contributed by atoms with van der Waals surface area (Å²) < 4.78 is 1.80. The number of carbonyl (C=O) groups is 1. The Labute approximate surface area is 206 Å². The predicted molar refractivity (Wildman–Crippen MR) is 138 cm³/mol. The number of aliphatic imine (C=N–C) groups is 1. The number of nitrogens with zero attached hydrogens (tertiary/aromatic N) is 5. The number of halogens is 1. The Morgan fingerprint density at radius 2 is 1.84 bits per heavy atom. The van der Waals surface area contributed by atoms with Crippen LogP contribution in [0.25, 0.3) is 11.1 Å². The Kier molecular flexibility index (Phi) is 10.1. The van der Waals surface area contributed by atoms with Gasteiger partial charge in [0, 0.05) is 20.6 Å². The Hall–Kier alpha value is -2.95. The number of nitrogens with one attached hydrogen (secondary N) is 2. The monoisotopic (exact) mass is 547 g/mol. The molecule has 1 aromatic heterocycles. The van der Waals surface area contributed by atoms with Gasteiger partial charge in [0.15, 0.2) is 5.96 Å². The molecule has 0 fully saturated rings. The van der Waals surface area contributed by atoms with Crippen molar-refractivity contribution < 1.29 is 4.79 Å². The van der Waals surface area contributed by atoms with Crippen LogP contribution < -0.4 is 10.6 Å². The van der Waals surface area contributed by atoms with Gasteiger partial charge in [-0.2, -0.15) is 5.10 Å². The van der Waals surface area contributed by atoms with Crippen molar-refractivity contribution in [3.8, 4) is 11.1 Å². The van der Waals surface area contributed by atoms with Gasteiger partial charge < -0.3 is 15.5 Å². The second kappa shape index (κ2) is 12.8. The molecule has 8 nitrogen and oxygen atoms in total. The summed E-state index contributed by atoms with van der Waals surface area (Å²) in [6.07, 6.45) is 3.25. The summed E-state index contributed by atoms with van der Waals surface area (Å²) in [7, 11) is 3.48. The van der Waals surface area contributed by atoms with Gasteiger partial charge in [-0.15, -0.1) is 24.0 Å². The standard InChI is InChI=1S/C23H29N7O.HI/c1-4-25-23(27-14-22(31)29(2)3)26-13-20-7-5-6-8-21(20)19-11-9-18(10-12-19)15-30-17-24-16-28-30;/h5-12,16-17H,4,13-15H2,1-3H3,(H2,25,26,27);1H. The Morgan fingerprint density at radius 3 is 2.50 bits per heavy atom. The number of carbonyl (C=O) groups excluding carboxylic acids is 1. The minimum Gasteiger partial charge on any atom is -0.357 e. The fraction of sp³-hybridized carbons (Fsp3) is 0.304. The largest absolute Gasteiger partial charge is 0.357 e. The molecule has 0 spiro atoms. The van der Waals surface area contributed by atoms with Crippen molar-refractivity contribution in [2.24, 2.45) is 4.99 Å². The molecule has 0 aliphatic carbocycles. The highest BCUT2D eigenvalue weighted by atomic mass is 127. The molecule has 0 aliphatic heterocycles. The lowest BCUT2D eigenvalue weighted by Gasteiger charge is -2.15. The lowest BCUT2D eigenvalue weighted by atomic mass is 9.98. The molecule has 0 aliphatic rings. The number of guanidine groups is 1. The molecule has 3 aromatic rings. The van der Waals surface area contributed by atoms with Crippen molar-refractivity contribution >= 4 is 35.8 Å². The first kappa shape index (κ1) is 25.3. The Morgan fingerprint density at radius 1 is 1.09 bits per heavy atom. The maximum Gasteiger partial charge on any atom is 0.241 e. The molecule has 0 saturated heterocycles. The minimum atomic E-state index is -0.00279. The third-order valence-corrected chi connectivity index (χ3v) is 4.75. The van der Waals surface area contributed by atoms with Gasteiger partial charge in [-0.3, -0.25) is 4.79 Å². The van der Waals surface area contributed by atoms with E-state index in [9.17, 15) is 4.79 Å². The molecular weight excluding hydrogens is 517 g/mol. The van der Waals surface area contributed by atoms with Gasteiger partial charge in [0.05, 0.1) is 19.6 Å². The molecule has 0 saturated carbocycles. The zero-order chi connectivity index (χ0) is 22.1. The van der Waals surface area contributed by atoms with Gasteiger partial charge in [-0.25, -0.2) is 14.7 Å². The molecule has 2 N–H and O–H groups in total. The third-order valence-electron chi connectivity index (χ3n) is 4.75. The smallest absolute Gasteiger partial charge is 0.241 e. The quantitative estimate of drug-likeness (QED) is 0.258. The first-order valence-electron chi connectivity index (χ1n) is 10.3. The number of likely N-dealkylation sites (N-methyl/N-ethyl adjacent to an activating group) is 1. The van der Waals surface area contributed by atoms with Crippen LogP contribution in [0.1, 0.15) is 18.1 Å². The molecule has 9 heteroatoms. The van der Waals surface area contributed by atoms with Gasteiger partial charge in [0.2, 0.25) is 5.91 Å². The van der Waals surface area contributed by atoms with Gasteiger partial charge in [0.1, 0.15) is 12.7 Å².